The minimum absolute atomic E-state index is 0.0453. The van der Waals surface area contributed by atoms with Crippen LogP contribution in [0.15, 0.2) is 42.7 Å². The fourth-order valence-corrected chi connectivity index (χ4v) is 3.83. The van der Waals surface area contributed by atoms with E-state index < -0.39 is 6.04 Å². The summed E-state index contributed by atoms with van der Waals surface area (Å²) in [5.74, 6) is 0.764. The number of aromatic nitrogens is 2. The molecule has 2 saturated heterocycles. The maximum absolute atomic E-state index is 12.9. The molecule has 0 saturated carbocycles. The van der Waals surface area contributed by atoms with Crippen molar-refractivity contribution in [3.63, 3.8) is 0 Å². The highest BCUT2D eigenvalue weighted by Gasteiger charge is 2.36. The summed E-state index contributed by atoms with van der Waals surface area (Å²) < 4.78 is 0. The standard InChI is InChI=1S/C19H23N5O2/c25-18-15(9-13-23(18)14-6-2-1-3-7-14)22-19(26)24-12-5-4-8-16(24)17-20-10-11-21-17/h1-3,6-7,10-11,15-16H,4-5,8-9,12-13H2,(H,20,21)(H,22,26). The van der Waals surface area contributed by atoms with E-state index in [0.717, 1.165) is 30.8 Å². The number of imidazole rings is 1. The summed E-state index contributed by atoms with van der Waals surface area (Å²) in [4.78, 5) is 36.5. The molecule has 7 nitrogen and oxygen atoms in total. The van der Waals surface area contributed by atoms with E-state index in [1.54, 1.807) is 22.2 Å². The number of likely N-dealkylation sites (tertiary alicyclic amines) is 1. The average molecular weight is 353 g/mol. The summed E-state index contributed by atoms with van der Waals surface area (Å²) in [6.07, 6.45) is 7.03. The summed E-state index contributed by atoms with van der Waals surface area (Å²) in [6.45, 7) is 1.30. The quantitative estimate of drug-likeness (QED) is 0.889. The third-order valence-corrected chi connectivity index (χ3v) is 5.17. The molecule has 0 bridgehead atoms. The molecular weight excluding hydrogens is 330 g/mol. The van der Waals surface area contributed by atoms with Gasteiger partial charge in [-0.25, -0.2) is 9.78 Å². The smallest absolute Gasteiger partial charge is 0.318 e. The Bertz CT molecular complexity index is 762. The molecule has 2 atom stereocenters. The highest BCUT2D eigenvalue weighted by molar-refractivity contribution is 6.01. The molecule has 136 valence electrons. The molecule has 3 heterocycles. The molecule has 2 N–H and O–H groups in total. The van der Waals surface area contributed by atoms with Crippen LogP contribution in [0.4, 0.5) is 10.5 Å². The molecule has 2 aromatic rings. The van der Waals surface area contributed by atoms with Crippen LogP contribution in [0.5, 0.6) is 0 Å². The first-order chi connectivity index (χ1) is 12.7. The number of piperidine rings is 1. The number of hydrogen-bond donors (Lipinski definition) is 2. The Morgan fingerprint density at radius 3 is 2.77 bits per heavy atom. The molecule has 0 aliphatic carbocycles. The van der Waals surface area contributed by atoms with Crippen LogP contribution in [0.1, 0.15) is 37.5 Å². The van der Waals surface area contributed by atoms with Gasteiger partial charge in [-0.2, -0.15) is 0 Å². The third kappa shape index (κ3) is 3.16. The Morgan fingerprint density at radius 2 is 2.00 bits per heavy atom. The lowest BCUT2D eigenvalue weighted by Crippen LogP contribution is -2.50. The van der Waals surface area contributed by atoms with Gasteiger partial charge in [-0.15, -0.1) is 0 Å². The van der Waals surface area contributed by atoms with Crippen molar-refractivity contribution >= 4 is 17.6 Å². The van der Waals surface area contributed by atoms with Gasteiger partial charge >= 0.3 is 6.03 Å². The summed E-state index contributed by atoms with van der Waals surface area (Å²) in [6, 6.07) is 8.88. The predicted octanol–water partition coefficient (Wildman–Crippen LogP) is 2.45. The monoisotopic (exact) mass is 353 g/mol. The van der Waals surface area contributed by atoms with Crippen molar-refractivity contribution in [2.45, 2.75) is 37.8 Å². The first-order valence-corrected chi connectivity index (χ1v) is 9.17. The lowest BCUT2D eigenvalue weighted by atomic mass is 10.0. The lowest BCUT2D eigenvalue weighted by Gasteiger charge is -2.35. The molecule has 3 amide bonds. The van der Waals surface area contributed by atoms with Crippen molar-refractivity contribution in [1.82, 2.24) is 20.2 Å². The fraction of sp³-hybridized carbons (Fsp3) is 0.421. The van der Waals surface area contributed by atoms with Gasteiger partial charge < -0.3 is 20.1 Å². The molecule has 0 radical (unpaired) electrons. The molecule has 2 fully saturated rings. The van der Waals surface area contributed by atoms with Crippen LogP contribution in [0, 0.1) is 0 Å². The Kier molecular flexibility index (Phi) is 4.60. The molecule has 0 spiro atoms. The molecule has 1 aromatic carbocycles. The van der Waals surface area contributed by atoms with E-state index in [4.69, 9.17) is 0 Å². The van der Waals surface area contributed by atoms with E-state index >= 15 is 0 Å². The molecule has 4 rings (SSSR count). The largest absolute Gasteiger partial charge is 0.347 e. The van der Waals surface area contributed by atoms with Gasteiger partial charge in [-0.05, 0) is 37.8 Å². The van der Waals surface area contributed by atoms with Crippen molar-refractivity contribution in [3.8, 4) is 0 Å². The maximum Gasteiger partial charge on any atom is 0.318 e. The maximum atomic E-state index is 12.9. The molecule has 2 unspecified atom stereocenters. The van der Waals surface area contributed by atoms with E-state index in [-0.39, 0.29) is 18.0 Å². The summed E-state index contributed by atoms with van der Waals surface area (Å²) in [7, 11) is 0. The zero-order valence-electron chi connectivity index (χ0n) is 14.6. The van der Waals surface area contributed by atoms with Gasteiger partial charge in [-0.1, -0.05) is 18.2 Å². The molecular formula is C19H23N5O2. The number of rotatable bonds is 3. The van der Waals surface area contributed by atoms with E-state index in [2.05, 4.69) is 15.3 Å². The number of aromatic amines is 1. The van der Waals surface area contributed by atoms with E-state index in [1.165, 1.54) is 0 Å². The average Bonchev–Trinajstić information content (AvgIpc) is 3.33. The van der Waals surface area contributed by atoms with Crippen molar-refractivity contribution in [1.29, 1.82) is 0 Å². The molecule has 7 heteroatoms. The number of carbonyl (C=O) groups is 2. The van der Waals surface area contributed by atoms with E-state index in [9.17, 15) is 9.59 Å². The summed E-state index contributed by atoms with van der Waals surface area (Å²) >= 11 is 0. The highest BCUT2D eigenvalue weighted by Crippen LogP contribution is 2.29. The van der Waals surface area contributed by atoms with Gasteiger partial charge in [0.2, 0.25) is 5.91 Å². The van der Waals surface area contributed by atoms with Crippen LogP contribution >= 0.6 is 0 Å². The zero-order valence-corrected chi connectivity index (χ0v) is 14.6. The Hall–Kier alpha value is -2.83. The van der Waals surface area contributed by atoms with Crippen LogP contribution in [0.2, 0.25) is 0 Å². The minimum atomic E-state index is -0.470. The second kappa shape index (κ2) is 7.19. The number of nitrogens with zero attached hydrogens (tertiary/aromatic N) is 3. The van der Waals surface area contributed by atoms with E-state index in [0.29, 0.717) is 19.5 Å². The first kappa shape index (κ1) is 16.6. The van der Waals surface area contributed by atoms with Crippen molar-refractivity contribution < 1.29 is 9.59 Å². The molecule has 2 aliphatic rings. The SMILES string of the molecule is O=C1C(NC(=O)N2CCCCC2c2ncc[nH]2)CCN1c1ccccc1. The van der Waals surface area contributed by atoms with Crippen molar-refractivity contribution in [3.05, 3.63) is 48.5 Å². The topological polar surface area (TPSA) is 81.3 Å². The molecule has 2 aliphatic heterocycles. The van der Waals surface area contributed by atoms with Gasteiger partial charge in [0.25, 0.3) is 0 Å². The first-order valence-electron chi connectivity index (χ1n) is 9.17. The van der Waals surface area contributed by atoms with Crippen LogP contribution in [0.25, 0.3) is 0 Å². The van der Waals surface area contributed by atoms with Crippen LogP contribution in [0.3, 0.4) is 0 Å². The number of hydrogen-bond acceptors (Lipinski definition) is 3. The summed E-state index contributed by atoms with van der Waals surface area (Å²) in [5, 5.41) is 2.94. The number of H-pyrrole nitrogens is 1. The normalized spacial score (nSPS) is 23.3. The number of urea groups is 1. The summed E-state index contributed by atoms with van der Waals surface area (Å²) in [5.41, 5.74) is 0.876. The third-order valence-electron chi connectivity index (χ3n) is 5.17. The van der Waals surface area contributed by atoms with Crippen molar-refractivity contribution in [2.24, 2.45) is 0 Å². The van der Waals surface area contributed by atoms with Crippen LogP contribution in [-0.4, -0.2) is 45.9 Å². The number of carbonyl (C=O) groups excluding carboxylic acids is 2. The van der Waals surface area contributed by atoms with E-state index in [1.807, 2.05) is 30.3 Å². The highest BCUT2D eigenvalue weighted by atomic mass is 16.2. The van der Waals surface area contributed by atoms with Gasteiger partial charge in [0.15, 0.2) is 0 Å². The number of amides is 3. The minimum Gasteiger partial charge on any atom is -0.347 e. The molecule has 26 heavy (non-hydrogen) atoms. The van der Waals surface area contributed by atoms with Gasteiger partial charge in [0, 0.05) is 31.2 Å². The number of para-hydroxylation sites is 1. The predicted molar refractivity (Wildman–Crippen MR) is 97.6 cm³/mol. The second-order valence-corrected chi connectivity index (χ2v) is 6.80. The second-order valence-electron chi connectivity index (χ2n) is 6.80. The van der Waals surface area contributed by atoms with Crippen LogP contribution < -0.4 is 10.2 Å². The van der Waals surface area contributed by atoms with Gasteiger partial charge in [0.1, 0.15) is 11.9 Å². The Labute approximate surface area is 152 Å². The molecule has 1 aromatic heterocycles. The number of nitrogens with one attached hydrogen (secondary N) is 2. The Morgan fingerprint density at radius 1 is 1.15 bits per heavy atom. The van der Waals surface area contributed by atoms with Gasteiger partial charge in [0.05, 0.1) is 6.04 Å². The Balaban J connectivity index is 1.43. The fourth-order valence-electron chi connectivity index (χ4n) is 3.83. The van der Waals surface area contributed by atoms with Crippen LogP contribution in [-0.2, 0) is 4.79 Å². The zero-order chi connectivity index (χ0) is 17.9. The van der Waals surface area contributed by atoms with Gasteiger partial charge in [-0.3, -0.25) is 4.79 Å². The number of benzene rings is 1. The lowest BCUT2D eigenvalue weighted by molar-refractivity contribution is -0.118. The number of anilines is 1. The van der Waals surface area contributed by atoms with Crippen molar-refractivity contribution in [2.75, 3.05) is 18.0 Å².